The molecule has 0 aromatic heterocycles. The molecular weight excluding hydrogens is 442 g/mol. The molecule has 3 rings (SSSR count). The number of carboxylic acid groups (broad SMARTS) is 1. The monoisotopic (exact) mass is 479 g/mol. The van der Waals surface area contributed by atoms with Crippen LogP contribution in [0.4, 0.5) is 4.79 Å². The van der Waals surface area contributed by atoms with E-state index in [2.05, 4.69) is 24.4 Å². The third-order valence-corrected chi connectivity index (χ3v) is 6.89. The van der Waals surface area contributed by atoms with Crippen molar-refractivity contribution in [1.29, 1.82) is 0 Å². The highest BCUT2D eigenvalue weighted by Gasteiger charge is 2.29. The predicted molar refractivity (Wildman–Crippen MR) is 136 cm³/mol. The van der Waals surface area contributed by atoms with Crippen LogP contribution >= 0.6 is 0 Å². The zero-order valence-corrected chi connectivity index (χ0v) is 20.8. The summed E-state index contributed by atoms with van der Waals surface area (Å²) in [6.07, 6.45) is 5.31. The van der Waals surface area contributed by atoms with Crippen molar-refractivity contribution in [2.24, 2.45) is 5.92 Å². The van der Waals surface area contributed by atoms with Crippen LogP contribution in [0, 0.1) is 5.92 Å². The molecule has 0 spiro atoms. The van der Waals surface area contributed by atoms with E-state index in [1.165, 1.54) is 0 Å². The molecule has 6 heteroatoms. The van der Waals surface area contributed by atoms with Gasteiger partial charge in [0.2, 0.25) is 0 Å². The van der Waals surface area contributed by atoms with Crippen LogP contribution in [-0.4, -0.2) is 35.6 Å². The topological polar surface area (TPSA) is 92.7 Å². The van der Waals surface area contributed by atoms with Crippen LogP contribution in [0.3, 0.4) is 0 Å². The summed E-state index contributed by atoms with van der Waals surface area (Å²) in [6.45, 7) is 4.24. The standard InChI is InChI=1S/C29H37NO5/c1-3-4-12-20(2)27(31)18-7-5-6-17-26(28(32)33)30-29(34)35-19-25-23-15-10-8-13-21(23)22-14-9-11-16-24(22)25/h8-11,13-16,20,25-26H,3-7,12,17-19H2,1-2H3,(H,30,34)(H,32,33)/t20-,26?/m0/s1. The average Bonchev–Trinajstić information content (AvgIpc) is 3.18. The van der Waals surface area contributed by atoms with Crippen molar-refractivity contribution in [3.05, 3.63) is 59.7 Å². The third-order valence-electron chi connectivity index (χ3n) is 6.89. The maximum atomic E-state index is 12.4. The maximum absolute atomic E-state index is 12.4. The van der Waals surface area contributed by atoms with E-state index in [-0.39, 0.29) is 24.2 Å². The van der Waals surface area contributed by atoms with E-state index < -0.39 is 18.1 Å². The molecule has 6 nitrogen and oxygen atoms in total. The number of carbonyl (C=O) groups excluding carboxylic acids is 2. The summed E-state index contributed by atoms with van der Waals surface area (Å²) in [4.78, 5) is 36.3. The molecule has 2 aromatic rings. The van der Waals surface area contributed by atoms with E-state index >= 15 is 0 Å². The van der Waals surface area contributed by atoms with Crippen LogP contribution in [0.25, 0.3) is 11.1 Å². The SMILES string of the molecule is CCCC[C@H](C)C(=O)CCCCCC(NC(=O)OCC1c2ccccc2-c2ccccc21)C(=O)O. The van der Waals surface area contributed by atoms with Crippen LogP contribution in [-0.2, 0) is 14.3 Å². The lowest BCUT2D eigenvalue weighted by atomic mass is 9.95. The van der Waals surface area contributed by atoms with E-state index in [4.69, 9.17) is 4.74 Å². The smallest absolute Gasteiger partial charge is 0.407 e. The van der Waals surface area contributed by atoms with Crippen molar-refractivity contribution in [1.82, 2.24) is 5.32 Å². The van der Waals surface area contributed by atoms with E-state index in [9.17, 15) is 19.5 Å². The molecule has 1 unspecified atom stereocenters. The molecule has 0 heterocycles. The average molecular weight is 480 g/mol. The normalized spacial score (nSPS) is 14.0. The Hall–Kier alpha value is -3.15. The Morgan fingerprint density at radius 3 is 2.14 bits per heavy atom. The molecule has 0 fully saturated rings. The lowest BCUT2D eigenvalue weighted by molar-refractivity contribution is -0.139. The van der Waals surface area contributed by atoms with Crippen molar-refractivity contribution in [2.75, 3.05) is 6.61 Å². The van der Waals surface area contributed by atoms with Gasteiger partial charge >= 0.3 is 12.1 Å². The molecule has 0 aliphatic heterocycles. The van der Waals surface area contributed by atoms with Gasteiger partial charge in [0.25, 0.3) is 0 Å². The first-order valence-electron chi connectivity index (χ1n) is 12.8. The van der Waals surface area contributed by atoms with Crippen LogP contribution in [0.1, 0.15) is 82.3 Å². The molecule has 2 aromatic carbocycles. The highest BCUT2D eigenvalue weighted by molar-refractivity contribution is 5.81. The zero-order valence-electron chi connectivity index (χ0n) is 20.8. The predicted octanol–water partition coefficient (Wildman–Crippen LogP) is 6.32. The molecule has 188 valence electrons. The highest BCUT2D eigenvalue weighted by atomic mass is 16.5. The third kappa shape index (κ3) is 7.17. The lowest BCUT2D eigenvalue weighted by Crippen LogP contribution is -2.41. The number of rotatable bonds is 14. The van der Waals surface area contributed by atoms with Crippen molar-refractivity contribution in [2.45, 2.75) is 77.2 Å². The number of alkyl carbamates (subject to hydrolysis) is 1. The molecule has 1 aliphatic rings. The number of hydrogen-bond acceptors (Lipinski definition) is 4. The number of nitrogens with one attached hydrogen (secondary N) is 1. The fourth-order valence-corrected chi connectivity index (χ4v) is 4.78. The Kier molecular flexibility index (Phi) is 9.88. The van der Waals surface area contributed by atoms with Gasteiger partial charge in [-0.15, -0.1) is 0 Å². The Bertz CT molecular complexity index is 972. The number of hydrogen-bond donors (Lipinski definition) is 2. The number of fused-ring (bicyclic) bond motifs is 3. The summed E-state index contributed by atoms with van der Waals surface area (Å²) in [5, 5.41) is 12.0. The van der Waals surface area contributed by atoms with Crippen LogP contribution < -0.4 is 5.32 Å². The molecule has 0 radical (unpaired) electrons. The Morgan fingerprint density at radius 1 is 0.914 bits per heavy atom. The first-order chi connectivity index (χ1) is 16.9. The van der Waals surface area contributed by atoms with Gasteiger partial charge in [-0.2, -0.15) is 0 Å². The second-order valence-electron chi connectivity index (χ2n) is 9.47. The molecule has 35 heavy (non-hydrogen) atoms. The fraction of sp³-hybridized carbons (Fsp3) is 0.483. The fourth-order valence-electron chi connectivity index (χ4n) is 4.78. The number of aliphatic carboxylic acids is 1. The van der Waals surface area contributed by atoms with Gasteiger partial charge in [-0.3, -0.25) is 4.79 Å². The summed E-state index contributed by atoms with van der Waals surface area (Å²) in [5.74, 6) is -0.779. The van der Waals surface area contributed by atoms with Crippen LogP contribution in [0.15, 0.2) is 48.5 Å². The Balaban J connectivity index is 1.44. The van der Waals surface area contributed by atoms with E-state index in [0.29, 0.717) is 19.3 Å². The second kappa shape index (κ2) is 13.1. The summed E-state index contributed by atoms with van der Waals surface area (Å²) < 4.78 is 5.48. The minimum absolute atomic E-state index is 0.0753. The Morgan fingerprint density at radius 2 is 1.54 bits per heavy atom. The van der Waals surface area contributed by atoms with E-state index in [1.807, 2.05) is 43.3 Å². The molecule has 1 aliphatic carbocycles. The lowest BCUT2D eigenvalue weighted by Gasteiger charge is -2.17. The molecule has 2 atom stereocenters. The van der Waals surface area contributed by atoms with Crippen molar-refractivity contribution in [3.63, 3.8) is 0 Å². The van der Waals surface area contributed by atoms with E-state index in [0.717, 1.165) is 54.4 Å². The van der Waals surface area contributed by atoms with Gasteiger partial charge in [-0.1, -0.05) is 88.1 Å². The number of benzene rings is 2. The number of unbranched alkanes of at least 4 members (excludes halogenated alkanes) is 3. The molecule has 2 N–H and O–H groups in total. The largest absolute Gasteiger partial charge is 0.480 e. The van der Waals surface area contributed by atoms with Gasteiger partial charge in [0.05, 0.1) is 0 Å². The molecule has 0 saturated heterocycles. The summed E-state index contributed by atoms with van der Waals surface area (Å²) in [6, 6.07) is 15.1. The van der Waals surface area contributed by atoms with Crippen molar-refractivity contribution >= 4 is 17.8 Å². The van der Waals surface area contributed by atoms with Crippen molar-refractivity contribution < 1.29 is 24.2 Å². The minimum Gasteiger partial charge on any atom is -0.480 e. The number of carbonyl (C=O) groups is 3. The number of carboxylic acids is 1. The zero-order chi connectivity index (χ0) is 25.2. The summed E-state index contributed by atoms with van der Waals surface area (Å²) >= 11 is 0. The van der Waals surface area contributed by atoms with Crippen LogP contribution in [0.5, 0.6) is 0 Å². The van der Waals surface area contributed by atoms with Gasteiger partial charge in [-0.05, 0) is 41.5 Å². The number of Topliss-reactive ketones (excluding diaryl/α,β-unsaturated/α-hetero) is 1. The molecule has 0 bridgehead atoms. The number of amides is 1. The Labute approximate surface area is 208 Å². The maximum Gasteiger partial charge on any atom is 0.407 e. The van der Waals surface area contributed by atoms with E-state index in [1.54, 1.807) is 0 Å². The summed E-state index contributed by atoms with van der Waals surface area (Å²) in [7, 11) is 0. The van der Waals surface area contributed by atoms with Crippen molar-refractivity contribution in [3.8, 4) is 11.1 Å². The molecular formula is C29H37NO5. The summed E-state index contributed by atoms with van der Waals surface area (Å²) in [5.41, 5.74) is 4.49. The first kappa shape index (κ1) is 26.5. The van der Waals surface area contributed by atoms with Gasteiger partial charge < -0.3 is 15.2 Å². The molecule has 0 saturated carbocycles. The number of ketones is 1. The highest BCUT2D eigenvalue weighted by Crippen LogP contribution is 2.44. The van der Waals surface area contributed by atoms with Gasteiger partial charge in [0, 0.05) is 18.3 Å². The van der Waals surface area contributed by atoms with Crippen LogP contribution in [0.2, 0.25) is 0 Å². The number of ether oxygens (including phenoxy) is 1. The minimum atomic E-state index is -1.08. The molecule has 1 amide bonds. The van der Waals surface area contributed by atoms with Gasteiger partial charge in [-0.25, -0.2) is 9.59 Å². The second-order valence-corrected chi connectivity index (χ2v) is 9.47. The van der Waals surface area contributed by atoms with Gasteiger partial charge in [0.15, 0.2) is 0 Å². The van der Waals surface area contributed by atoms with Gasteiger partial charge in [0.1, 0.15) is 18.4 Å². The first-order valence-corrected chi connectivity index (χ1v) is 12.8. The quantitative estimate of drug-likeness (QED) is 0.309.